The van der Waals surface area contributed by atoms with E-state index in [0.29, 0.717) is 17.0 Å². The fourth-order valence-electron chi connectivity index (χ4n) is 2.65. The third kappa shape index (κ3) is 5.78. The Labute approximate surface area is 166 Å². The predicted molar refractivity (Wildman–Crippen MR) is 109 cm³/mol. The Bertz CT molecular complexity index is 855. The highest BCUT2D eigenvalue weighted by atomic mass is 16.5. The monoisotopic (exact) mass is 381 g/mol. The van der Waals surface area contributed by atoms with Crippen LogP contribution in [0.3, 0.4) is 0 Å². The minimum Gasteiger partial charge on any atom is -0.456 e. The topological polar surface area (TPSA) is 72.5 Å². The first-order valence-electron chi connectivity index (χ1n) is 9.46. The molecule has 1 amide bonds. The van der Waals surface area contributed by atoms with Crippen LogP contribution in [0, 0.1) is 13.8 Å². The van der Waals surface area contributed by atoms with Crippen molar-refractivity contribution in [2.45, 2.75) is 40.0 Å². The van der Waals surface area contributed by atoms with Gasteiger partial charge < -0.3 is 10.1 Å². The lowest BCUT2D eigenvalue weighted by Gasteiger charge is -2.10. The van der Waals surface area contributed by atoms with E-state index in [0.717, 1.165) is 17.5 Å². The maximum atomic E-state index is 12.2. The Morgan fingerprint density at radius 3 is 2.21 bits per heavy atom. The molecule has 0 saturated heterocycles. The minimum atomic E-state index is -0.651. The van der Waals surface area contributed by atoms with E-state index in [1.165, 1.54) is 5.56 Å². The maximum absolute atomic E-state index is 12.2. The number of benzene rings is 2. The number of rotatable bonds is 8. The average Bonchev–Trinajstić information content (AvgIpc) is 2.71. The first-order valence-corrected chi connectivity index (χ1v) is 9.46. The van der Waals surface area contributed by atoms with E-state index >= 15 is 0 Å². The molecule has 0 spiro atoms. The number of carbonyl (C=O) groups excluding carboxylic acids is 3. The normalized spacial score (nSPS) is 11.6. The van der Waals surface area contributed by atoms with Crippen LogP contribution >= 0.6 is 0 Å². The van der Waals surface area contributed by atoms with Crippen molar-refractivity contribution in [3.8, 4) is 0 Å². The summed E-state index contributed by atoms with van der Waals surface area (Å²) in [6.07, 6.45) is 1.03. The number of amides is 1. The van der Waals surface area contributed by atoms with Gasteiger partial charge in [0.15, 0.2) is 12.4 Å². The number of hydrogen-bond acceptors (Lipinski definition) is 4. The van der Waals surface area contributed by atoms with Crippen LogP contribution in [-0.4, -0.2) is 30.8 Å². The number of carbonyl (C=O) groups is 3. The Balaban J connectivity index is 1.80. The van der Waals surface area contributed by atoms with Crippen LogP contribution in [0.5, 0.6) is 0 Å². The molecule has 0 unspecified atom stereocenters. The molecule has 0 aliphatic heterocycles. The molecule has 2 rings (SSSR count). The molecule has 5 heteroatoms. The van der Waals surface area contributed by atoms with Gasteiger partial charge in [0.2, 0.25) is 0 Å². The summed E-state index contributed by atoms with van der Waals surface area (Å²) >= 11 is 0. The zero-order chi connectivity index (χ0) is 20.7. The van der Waals surface area contributed by atoms with Crippen molar-refractivity contribution in [2.75, 3.05) is 13.2 Å². The molecule has 148 valence electrons. The SMILES string of the molecule is CC[C@@H](C)c1ccc(C(=O)COC(=O)CNC(=O)c2ccc(C)c(C)c2)cc1. The van der Waals surface area contributed by atoms with Gasteiger partial charge in [-0.2, -0.15) is 0 Å². The third-order valence-electron chi connectivity index (χ3n) is 4.94. The van der Waals surface area contributed by atoms with Crippen LogP contribution in [0.2, 0.25) is 0 Å². The van der Waals surface area contributed by atoms with Gasteiger partial charge in [0.25, 0.3) is 5.91 Å². The van der Waals surface area contributed by atoms with Crippen LogP contribution in [-0.2, 0) is 9.53 Å². The Hall–Kier alpha value is -2.95. The summed E-state index contributed by atoms with van der Waals surface area (Å²) in [5.41, 5.74) is 4.24. The second-order valence-corrected chi connectivity index (χ2v) is 7.00. The number of ketones is 1. The number of esters is 1. The molecule has 0 aliphatic rings. The molecule has 0 radical (unpaired) electrons. The van der Waals surface area contributed by atoms with Crippen LogP contribution < -0.4 is 5.32 Å². The first-order chi connectivity index (χ1) is 13.3. The van der Waals surface area contributed by atoms with Gasteiger partial charge in [-0.3, -0.25) is 14.4 Å². The number of ether oxygens (including phenoxy) is 1. The quantitative estimate of drug-likeness (QED) is 0.555. The molecule has 0 bridgehead atoms. The highest BCUT2D eigenvalue weighted by Gasteiger charge is 2.13. The predicted octanol–water partition coefficient (Wildman–Crippen LogP) is 3.97. The molecule has 1 atom stereocenters. The molecule has 0 aliphatic carbocycles. The summed E-state index contributed by atoms with van der Waals surface area (Å²) in [7, 11) is 0. The van der Waals surface area contributed by atoms with Crippen molar-refractivity contribution in [1.29, 1.82) is 0 Å². The van der Waals surface area contributed by atoms with Crippen molar-refractivity contribution in [3.63, 3.8) is 0 Å². The van der Waals surface area contributed by atoms with Crippen molar-refractivity contribution in [3.05, 3.63) is 70.3 Å². The van der Waals surface area contributed by atoms with Crippen molar-refractivity contribution >= 4 is 17.7 Å². The first kappa shape index (κ1) is 21.4. The van der Waals surface area contributed by atoms with E-state index < -0.39 is 5.97 Å². The zero-order valence-electron chi connectivity index (χ0n) is 16.9. The van der Waals surface area contributed by atoms with Gasteiger partial charge in [-0.25, -0.2) is 0 Å². The second kappa shape index (κ2) is 9.83. The Morgan fingerprint density at radius 1 is 0.964 bits per heavy atom. The van der Waals surface area contributed by atoms with E-state index in [1.807, 2.05) is 32.0 Å². The van der Waals surface area contributed by atoms with Crippen molar-refractivity contribution in [2.24, 2.45) is 0 Å². The lowest BCUT2D eigenvalue weighted by atomic mass is 9.97. The Morgan fingerprint density at radius 2 is 1.61 bits per heavy atom. The zero-order valence-corrected chi connectivity index (χ0v) is 16.9. The molecule has 2 aromatic carbocycles. The molecule has 0 fully saturated rings. The van der Waals surface area contributed by atoms with Gasteiger partial charge in [0, 0.05) is 11.1 Å². The second-order valence-electron chi connectivity index (χ2n) is 7.00. The van der Waals surface area contributed by atoms with Gasteiger partial charge in [-0.05, 0) is 55.0 Å². The number of aryl methyl sites for hydroxylation is 2. The number of nitrogens with one attached hydrogen (secondary N) is 1. The highest BCUT2D eigenvalue weighted by Crippen LogP contribution is 2.19. The summed E-state index contributed by atoms with van der Waals surface area (Å²) in [4.78, 5) is 36.1. The molecule has 1 N–H and O–H groups in total. The van der Waals surface area contributed by atoms with Crippen molar-refractivity contribution < 1.29 is 19.1 Å². The minimum absolute atomic E-state index is 0.274. The molecular weight excluding hydrogens is 354 g/mol. The fraction of sp³-hybridized carbons (Fsp3) is 0.348. The summed E-state index contributed by atoms with van der Waals surface area (Å²) in [5, 5.41) is 2.51. The van der Waals surface area contributed by atoms with Gasteiger partial charge >= 0.3 is 5.97 Å². The molecule has 28 heavy (non-hydrogen) atoms. The van der Waals surface area contributed by atoms with E-state index in [9.17, 15) is 14.4 Å². The molecule has 0 saturated carbocycles. The summed E-state index contributed by atoms with van der Waals surface area (Å²) in [6.45, 7) is 7.49. The third-order valence-corrected chi connectivity index (χ3v) is 4.94. The molecule has 2 aromatic rings. The molecular formula is C23H27NO4. The Kier molecular flexibility index (Phi) is 7.50. The standard InChI is InChI=1S/C23H27NO4/c1-5-15(2)18-8-10-19(11-9-18)21(25)14-28-22(26)13-24-23(27)20-7-6-16(3)17(4)12-20/h6-12,15H,5,13-14H2,1-4H3,(H,24,27)/t15-/m1/s1. The van der Waals surface area contributed by atoms with E-state index in [1.54, 1.807) is 24.3 Å². The van der Waals surface area contributed by atoms with Gasteiger partial charge in [-0.1, -0.05) is 44.2 Å². The molecule has 0 aromatic heterocycles. The smallest absolute Gasteiger partial charge is 0.325 e. The van der Waals surface area contributed by atoms with E-state index in [-0.39, 0.29) is 24.8 Å². The van der Waals surface area contributed by atoms with Gasteiger partial charge in [0.1, 0.15) is 6.54 Å². The maximum Gasteiger partial charge on any atom is 0.325 e. The summed E-state index contributed by atoms with van der Waals surface area (Å²) in [5.74, 6) is -0.846. The van der Waals surface area contributed by atoms with Crippen molar-refractivity contribution in [1.82, 2.24) is 5.32 Å². The molecule has 0 heterocycles. The highest BCUT2D eigenvalue weighted by molar-refractivity contribution is 5.99. The van der Waals surface area contributed by atoms with Crippen LogP contribution in [0.25, 0.3) is 0 Å². The van der Waals surface area contributed by atoms with Gasteiger partial charge in [0.05, 0.1) is 0 Å². The summed E-state index contributed by atoms with van der Waals surface area (Å²) < 4.78 is 4.98. The van der Waals surface area contributed by atoms with E-state index in [4.69, 9.17) is 4.74 Å². The lowest BCUT2D eigenvalue weighted by Crippen LogP contribution is -2.31. The van der Waals surface area contributed by atoms with Crippen LogP contribution in [0.1, 0.15) is 63.6 Å². The molecule has 5 nitrogen and oxygen atoms in total. The van der Waals surface area contributed by atoms with Crippen LogP contribution in [0.15, 0.2) is 42.5 Å². The number of Topliss-reactive ketones (excluding diaryl/α,β-unsaturated/α-hetero) is 1. The summed E-state index contributed by atoms with van der Waals surface area (Å²) in [6, 6.07) is 12.7. The van der Waals surface area contributed by atoms with E-state index in [2.05, 4.69) is 19.2 Å². The average molecular weight is 381 g/mol. The largest absolute Gasteiger partial charge is 0.456 e. The number of hydrogen-bond donors (Lipinski definition) is 1. The fourth-order valence-corrected chi connectivity index (χ4v) is 2.65. The van der Waals surface area contributed by atoms with Crippen LogP contribution in [0.4, 0.5) is 0 Å². The lowest BCUT2D eigenvalue weighted by molar-refractivity contribution is -0.141. The van der Waals surface area contributed by atoms with Gasteiger partial charge in [-0.15, -0.1) is 0 Å².